The zero-order valence-electron chi connectivity index (χ0n) is 14.5. The van der Waals surface area contributed by atoms with Gasteiger partial charge in [-0.2, -0.15) is 0 Å². The minimum absolute atomic E-state index is 0.177. The highest BCUT2D eigenvalue weighted by molar-refractivity contribution is 6.06. The van der Waals surface area contributed by atoms with Gasteiger partial charge in [-0.3, -0.25) is 4.79 Å². The second-order valence-electron chi connectivity index (χ2n) is 5.87. The van der Waals surface area contributed by atoms with Gasteiger partial charge in [0.2, 0.25) is 5.75 Å². The van der Waals surface area contributed by atoms with E-state index in [1.807, 2.05) is 0 Å². The van der Waals surface area contributed by atoms with Crippen LogP contribution in [0.2, 0.25) is 0 Å². The normalized spacial score (nSPS) is 24.0. The van der Waals surface area contributed by atoms with Crippen LogP contribution in [0.1, 0.15) is 35.2 Å². The van der Waals surface area contributed by atoms with Gasteiger partial charge >= 0.3 is 5.97 Å². The largest absolute Gasteiger partial charge is 0.493 e. The standard InChI is InChI=1S/C17H21NO6/c1-6-24-16(20)17-8-10(17)12-9(15(19)18(17)2)7-11(21-3)13(22-4)14(12)23-5/h7,10H,6,8H2,1-5H3. The van der Waals surface area contributed by atoms with Gasteiger partial charge in [0.15, 0.2) is 11.5 Å². The van der Waals surface area contributed by atoms with E-state index in [1.165, 1.54) is 26.2 Å². The van der Waals surface area contributed by atoms with E-state index >= 15 is 0 Å². The summed E-state index contributed by atoms with van der Waals surface area (Å²) < 4.78 is 21.4. The Morgan fingerprint density at radius 2 is 1.92 bits per heavy atom. The molecule has 0 bridgehead atoms. The van der Waals surface area contributed by atoms with Crippen molar-refractivity contribution in [2.45, 2.75) is 24.8 Å². The fraction of sp³-hybridized carbons (Fsp3) is 0.529. The number of carbonyl (C=O) groups excluding carboxylic acids is 2. The van der Waals surface area contributed by atoms with Crippen molar-refractivity contribution in [1.29, 1.82) is 0 Å². The molecule has 0 spiro atoms. The second kappa shape index (κ2) is 5.58. The van der Waals surface area contributed by atoms with E-state index in [-0.39, 0.29) is 24.4 Å². The smallest absolute Gasteiger partial charge is 0.332 e. The van der Waals surface area contributed by atoms with Gasteiger partial charge in [0.25, 0.3) is 5.91 Å². The molecule has 1 aromatic rings. The molecule has 7 heteroatoms. The molecule has 2 unspecified atom stereocenters. The van der Waals surface area contributed by atoms with Crippen LogP contribution in [0.25, 0.3) is 0 Å². The number of hydrogen-bond donors (Lipinski definition) is 0. The first-order chi connectivity index (χ1) is 11.5. The quantitative estimate of drug-likeness (QED) is 0.761. The molecular formula is C17H21NO6. The van der Waals surface area contributed by atoms with Crippen LogP contribution in [0.3, 0.4) is 0 Å². The number of hydrogen-bond acceptors (Lipinski definition) is 6. The highest BCUT2D eigenvalue weighted by Gasteiger charge is 2.70. The predicted octanol–water partition coefficient (Wildman–Crippen LogP) is 1.59. The highest BCUT2D eigenvalue weighted by atomic mass is 16.5. The third-order valence-electron chi connectivity index (χ3n) is 4.91. The number of carbonyl (C=O) groups is 2. The molecule has 2 aliphatic rings. The molecule has 130 valence electrons. The van der Waals surface area contributed by atoms with Crippen molar-refractivity contribution in [2.24, 2.45) is 0 Å². The van der Waals surface area contributed by atoms with E-state index in [1.54, 1.807) is 20.0 Å². The molecule has 3 rings (SSSR count). The molecule has 1 fully saturated rings. The minimum Gasteiger partial charge on any atom is -0.493 e. The molecule has 0 radical (unpaired) electrons. The van der Waals surface area contributed by atoms with Crippen molar-refractivity contribution >= 4 is 11.9 Å². The summed E-state index contributed by atoms with van der Waals surface area (Å²) in [5, 5.41) is 0. The monoisotopic (exact) mass is 335 g/mol. The average Bonchev–Trinajstić information content (AvgIpc) is 3.34. The van der Waals surface area contributed by atoms with E-state index in [2.05, 4.69) is 0 Å². The Balaban J connectivity index is 2.20. The zero-order valence-corrected chi connectivity index (χ0v) is 14.5. The summed E-state index contributed by atoms with van der Waals surface area (Å²) in [5.74, 6) is 0.452. The molecule has 1 aliphatic heterocycles. The number of ether oxygens (including phenoxy) is 4. The molecule has 0 saturated heterocycles. The molecule has 1 aliphatic carbocycles. The van der Waals surface area contributed by atoms with Crippen molar-refractivity contribution < 1.29 is 28.5 Å². The fourth-order valence-corrected chi connectivity index (χ4v) is 3.65. The first kappa shape index (κ1) is 16.4. The Morgan fingerprint density at radius 1 is 1.25 bits per heavy atom. The summed E-state index contributed by atoms with van der Waals surface area (Å²) >= 11 is 0. The first-order valence-electron chi connectivity index (χ1n) is 7.76. The van der Waals surface area contributed by atoms with Crippen molar-refractivity contribution in [1.82, 2.24) is 4.90 Å². The van der Waals surface area contributed by atoms with Gasteiger partial charge in [0.05, 0.1) is 33.5 Å². The number of rotatable bonds is 5. The number of esters is 1. The van der Waals surface area contributed by atoms with Crippen LogP contribution in [0, 0.1) is 0 Å². The lowest BCUT2D eigenvalue weighted by Gasteiger charge is -2.33. The van der Waals surface area contributed by atoms with Gasteiger partial charge in [0.1, 0.15) is 5.54 Å². The highest BCUT2D eigenvalue weighted by Crippen LogP contribution is 2.63. The lowest BCUT2D eigenvalue weighted by atomic mass is 9.92. The molecule has 1 amide bonds. The molecule has 7 nitrogen and oxygen atoms in total. The van der Waals surface area contributed by atoms with Gasteiger partial charge in [-0.15, -0.1) is 0 Å². The maximum atomic E-state index is 12.9. The maximum absolute atomic E-state index is 12.9. The van der Waals surface area contributed by atoms with Gasteiger partial charge < -0.3 is 23.8 Å². The zero-order chi connectivity index (χ0) is 17.6. The van der Waals surface area contributed by atoms with E-state index in [9.17, 15) is 9.59 Å². The second-order valence-corrected chi connectivity index (χ2v) is 5.87. The maximum Gasteiger partial charge on any atom is 0.332 e. The predicted molar refractivity (Wildman–Crippen MR) is 84.9 cm³/mol. The van der Waals surface area contributed by atoms with Crippen molar-refractivity contribution in [3.63, 3.8) is 0 Å². The fourth-order valence-electron chi connectivity index (χ4n) is 3.65. The van der Waals surface area contributed by atoms with Gasteiger partial charge in [-0.1, -0.05) is 0 Å². The van der Waals surface area contributed by atoms with Crippen molar-refractivity contribution in [3.05, 3.63) is 17.2 Å². The Hall–Kier alpha value is -2.44. The van der Waals surface area contributed by atoms with Crippen molar-refractivity contribution in [2.75, 3.05) is 35.0 Å². The van der Waals surface area contributed by atoms with Crippen molar-refractivity contribution in [3.8, 4) is 17.2 Å². The molecule has 1 aromatic carbocycles. The number of nitrogens with zero attached hydrogens (tertiary/aromatic N) is 1. The Bertz CT molecular complexity index is 716. The Labute approximate surface area is 140 Å². The number of amides is 1. The summed E-state index contributed by atoms with van der Waals surface area (Å²) in [6.07, 6.45) is 0.507. The van der Waals surface area contributed by atoms with Crippen LogP contribution >= 0.6 is 0 Å². The summed E-state index contributed by atoms with van der Waals surface area (Å²) in [6.45, 7) is 2.02. The molecule has 24 heavy (non-hydrogen) atoms. The lowest BCUT2D eigenvalue weighted by molar-refractivity contribution is -0.150. The van der Waals surface area contributed by atoms with Gasteiger partial charge in [0, 0.05) is 18.5 Å². The summed E-state index contributed by atoms with van der Waals surface area (Å²) in [6, 6.07) is 1.64. The molecular weight excluding hydrogens is 314 g/mol. The topological polar surface area (TPSA) is 74.3 Å². The van der Waals surface area contributed by atoms with Crippen LogP contribution in [0.5, 0.6) is 17.2 Å². The molecule has 0 N–H and O–H groups in total. The third-order valence-corrected chi connectivity index (χ3v) is 4.91. The Morgan fingerprint density at radius 3 is 2.46 bits per heavy atom. The lowest BCUT2D eigenvalue weighted by Crippen LogP contribution is -2.49. The number of benzene rings is 1. The molecule has 2 atom stereocenters. The van der Waals surface area contributed by atoms with Gasteiger partial charge in [-0.25, -0.2) is 4.79 Å². The number of fused-ring (bicyclic) bond motifs is 3. The summed E-state index contributed by atoms with van der Waals surface area (Å²) in [4.78, 5) is 26.8. The minimum atomic E-state index is -0.951. The SMILES string of the molecule is CCOC(=O)C12CC1c1c(cc(OC)c(OC)c1OC)C(=O)N2C. The van der Waals surface area contributed by atoms with Crippen LogP contribution in [-0.4, -0.2) is 57.3 Å². The van der Waals surface area contributed by atoms with E-state index < -0.39 is 5.54 Å². The van der Waals surface area contributed by atoms with Crippen LogP contribution < -0.4 is 14.2 Å². The average molecular weight is 335 g/mol. The summed E-state index contributed by atoms with van der Waals surface area (Å²) in [5.41, 5.74) is 0.202. The van der Waals surface area contributed by atoms with Crippen LogP contribution in [-0.2, 0) is 9.53 Å². The third kappa shape index (κ3) is 1.90. The van der Waals surface area contributed by atoms with E-state index in [0.29, 0.717) is 34.8 Å². The number of methoxy groups -OCH3 is 3. The van der Waals surface area contributed by atoms with E-state index in [4.69, 9.17) is 18.9 Å². The van der Waals surface area contributed by atoms with Crippen LogP contribution in [0.15, 0.2) is 6.07 Å². The molecule has 1 saturated carbocycles. The summed E-state index contributed by atoms with van der Waals surface area (Å²) in [7, 11) is 6.15. The first-order valence-corrected chi connectivity index (χ1v) is 7.76. The van der Waals surface area contributed by atoms with Crippen LogP contribution in [0.4, 0.5) is 0 Å². The Kier molecular flexibility index (Phi) is 3.81. The molecule has 1 heterocycles. The molecule has 0 aromatic heterocycles. The van der Waals surface area contributed by atoms with Gasteiger partial charge in [-0.05, 0) is 19.4 Å². The van der Waals surface area contributed by atoms with E-state index in [0.717, 1.165) is 0 Å². The number of likely N-dealkylation sites (N-methyl/N-ethyl adjacent to an activating group) is 1.